The number of thioether (sulfide) groups is 1. The number of fused-ring (bicyclic) bond motifs is 6. The average Bonchev–Trinajstić information content (AvgIpc) is 3.51. The molecule has 2 aromatic heterocycles. The number of rotatable bonds is 4. The predicted molar refractivity (Wildman–Crippen MR) is 181 cm³/mol. The second-order valence-electron chi connectivity index (χ2n) is 11.4. The van der Waals surface area contributed by atoms with Crippen molar-refractivity contribution in [2.45, 2.75) is 16.4 Å². The van der Waals surface area contributed by atoms with E-state index in [9.17, 15) is 0 Å². The molecule has 0 spiro atoms. The van der Waals surface area contributed by atoms with Crippen LogP contribution in [0.25, 0.3) is 61.3 Å². The van der Waals surface area contributed by atoms with E-state index < -0.39 is 13.3 Å². The molecule has 0 aliphatic carbocycles. The molecular weight excluding hydrogens is 591 g/mol. The van der Waals surface area contributed by atoms with Crippen molar-refractivity contribution >= 4 is 55.8 Å². The third-order valence-corrected chi connectivity index (χ3v) is 16.6. The van der Waals surface area contributed by atoms with E-state index in [0.717, 1.165) is 33.5 Å². The third kappa shape index (κ3) is 3.82. The fraction of sp³-hybridized carbons (Fsp3) is 0.0811. The second-order valence-corrected chi connectivity index (χ2v) is 21.3. The Labute approximate surface area is 252 Å². The predicted octanol–water partition coefficient (Wildman–Crippen LogP) is 8.43. The number of nitrogens with zero attached hydrogens (tertiary/aromatic N) is 3. The van der Waals surface area contributed by atoms with Crippen LogP contribution in [0.2, 0.25) is 11.5 Å². The molecule has 0 saturated carbocycles. The van der Waals surface area contributed by atoms with Gasteiger partial charge in [-0.05, 0) is 6.26 Å². The van der Waals surface area contributed by atoms with Crippen LogP contribution in [0, 0.1) is 0 Å². The number of benzene rings is 5. The molecule has 0 bridgehead atoms. The molecule has 0 N–H and O–H groups in total. The monoisotopic (exact) mass is 621 g/mol. The standard InChI is InChI=1S/C37H29GeN3S/c1-38(2)31-18-9-7-16-28(31)34-29-17-8-10-19-33(29)41(36(34)38)26-20-21-32-30(23-26)35(24-12-5-4-6-13-24)40-37(39-32)25-14-11-15-27(22-25)42-3/h4-23H,1-3H3. The van der Waals surface area contributed by atoms with Crippen LogP contribution in [0.5, 0.6) is 0 Å². The van der Waals surface area contributed by atoms with Crippen LogP contribution in [-0.2, 0) is 0 Å². The van der Waals surface area contributed by atoms with Crippen molar-refractivity contribution in [2.75, 3.05) is 6.26 Å². The third-order valence-electron chi connectivity index (χ3n) is 8.65. The number of hydrogen-bond donors (Lipinski definition) is 0. The van der Waals surface area contributed by atoms with E-state index in [4.69, 9.17) is 9.97 Å². The first kappa shape index (κ1) is 25.6. The summed E-state index contributed by atoms with van der Waals surface area (Å²) in [7, 11) is 0. The molecule has 3 nitrogen and oxygen atoms in total. The van der Waals surface area contributed by atoms with Crippen LogP contribution in [0.3, 0.4) is 0 Å². The van der Waals surface area contributed by atoms with Crippen molar-refractivity contribution in [1.82, 2.24) is 14.5 Å². The van der Waals surface area contributed by atoms with Gasteiger partial charge in [-0.2, -0.15) is 0 Å². The fourth-order valence-corrected chi connectivity index (χ4v) is 14.2. The van der Waals surface area contributed by atoms with Crippen LogP contribution in [-0.4, -0.2) is 34.1 Å². The summed E-state index contributed by atoms with van der Waals surface area (Å²) in [5.74, 6) is 5.83. The number of aromatic nitrogens is 3. The quantitative estimate of drug-likeness (QED) is 0.146. The van der Waals surface area contributed by atoms with Gasteiger partial charge in [0.2, 0.25) is 0 Å². The molecule has 0 amide bonds. The van der Waals surface area contributed by atoms with Crippen molar-refractivity contribution in [3.63, 3.8) is 0 Å². The first-order chi connectivity index (χ1) is 20.5. The molecule has 42 heavy (non-hydrogen) atoms. The van der Waals surface area contributed by atoms with Gasteiger partial charge in [0.15, 0.2) is 0 Å². The summed E-state index contributed by atoms with van der Waals surface area (Å²) in [6, 6.07) is 43.7. The Balaban J connectivity index is 1.41. The number of para-hydroxylation sites is 1. The molecule has 202 valence electrons. The molecule has 3 heterocycles. The Morgan fingerprint density at radius 1 is 0.667 bits per heavy atom. The van der Waals surface area contributed by atoms with Crippen molar-refractivity contribution < 1.29 is 0 Å². The van der Waals surface area contributed by atoms with Gasteiger partial charge in [0.05, 0.1) is 0 Å². The summed E-state index contributed by atoms with van der Waals surface area (Å²) in [6.07, 6.45) is 2.10. The van der Waals surface area contributed by atoms with Crippen LogP contribution in [0.15, 0.2) is 126 Å². The first-order valence-corrected chi connectivity index (χ1v) is 21.8. The topological polar surface area (TPSA) is 30.7 Å². The van der Waals surface area contributed by atoms with E-state index in [1.165, 1.54) is 37.1 Å². The minimum atomic E-state index is -2.61. The molecule has 1 aliphatic rings. The van der Waals surface area contributed by atoms with Crippen LogP contribution in [0.1, 0.15) is 0 Å². The molecule has 0 fully saturated rings. The van der Waals surface area contributed by atoms with Gasteiger partial charge >= 0.3 is 247 Å². The molecule has 0 unspecified atom stereocenters. The summed E-state index contributed by atoms with van der Waals surface area (Å²) in [6.45, 7) is 0. The Bertz CT molecular complexity index is 2160. The Hall–Kier alpha value is -4.13. The summed E-state index contributed by atoms with van der Waals surface area (Å²) in [5.41, 5.74) is 9.32. The van der Waals surface area contributed by atoms with Gasteiger partial charge in [0.25, 0.3) is 0 Å². The van der Waals surface area contributed by atoms with Gasteiger partial charge in [-0.1, -0.05) is 0 Å². The SMILES string of the molecule is CSc1cccc(-c2nc(-c3ccccc3)c3cc(-n4[c]5c(c6ccccc64)-c4cccc[c]4[Ge]5([CH3])[CH3])ccc3n2)c1. The van der Waals surface area contributed by atoms with Gasteiger partial charge in [0, 0.05) is 0 Å². The molecule has 0 saturated heterocycles. The Morgan fingerprint density at radius 2 is 1.43 bits per heavy atom. The molecule has 7 aromatic rings. The first-order valence-electron chi connectivity index (χ1n) is 14.3. The zero-order valence-electron chi connectivity index (χ0n) is 23.8. The van der Waals surface area contributed by atoms with E-state index in [2.05, 4.69) is 144 Å². The molecule has 0 radical (unpaired) electrons. The fourth-order valence-electron chi connectivity index (χ4n) is 6.71. The normalized spacial score (nSPS) is 13.4. The van der Waals surface area contributed by atoms with Crippen molar-refractivity contribution in [1.29, 1.82) is 0 Å². The van der Waals surface area contributed by atoms with Gasteiger partial charge in [-0.15, -0.1) is 0 Å². The minimum absolute atomic E-state index is 0.754. The van der Waals surface area contributed by atoms with Crippen molar-refractivity contribution in [3.05, 3.63) is 121 Å². The molecular formula is C37H29GeN3S. The summed E-state index contributed by atoms with van der Waals surface area (Å²) >= 11 is -0.873. The Kier molecular flexibility index (Phi) is 5.92. The molecule has 5 aromatic carbocycles. The Morgan fingerprint density at radius 3 is 2.29 bits per heavy atom. The molecule has 0 atom stereocenters. The van der Waals surface area contributed by atoms with Gasteiger partial charge < -0.3 is 0 Å². The van der Waals surface area contributed by atoms with E-state index >= 15 is 0 Å². The molecule has 1 aliphatic heterocycles. The van der Waals surface area contributed by atoms with Crippen LogP contribution >= 0.6 is 11.8 Å². The zero-order chi connectivity index (χ0) is 28.4. The van der Waals surface area contributed by atoms with Gasteiger partial charge in [-0.25, -0.2) is 0 Å². The maximum atomic E-state index is 5.22. The average molecular weight is 620 g/mol. The zero-order valence-corrected chi connectivity index (χ0v) is 26.7. The number of hydrogen-bond acceptors (Lipinski definition) is 3. The molecule has 8 rings (SSSR count). The summed E-state index contributed by atoms with van der Waals surface area (Å²) in [5, 5.41) is 2.40. The van der Waals surface area contributed by atoms with Gasteiger partial charge in [-0.3, -0.25) is 0 Å². The van der Waals surface area contributed by atoms with Crippen LogP contribution in [0.4, 0.5) is 0 Å². The maximum absolute atomic E-state index is 5.22. The van der Waals surface area contributed by atoms with E-state index in [0.29, 0.717) is 0 Å². The van der Waals surface area contributed by atoms with Crippen molar-refractivity contribution in [2.24, 2.45) is 0 Å². The van der Waals surface area contributed by atoms with E-state index in [1.807, 2.05) is 0 Å². The van der Waals surface area contributed by atoms with Crippen LogP contribution < -0.4 is 8.92 Å². The second kappa shape index (κ2) is 9.72. The molecule has 5 heteroatoms. The van der Waals surface area contributed by atoms with E-state index in [1.54, 1.807) is 16.2 Å². The summed E-state index contributed by atoms with van der Waals surface area (Å²) in [4.78, 5) is 11.5. The van der Waals surface area contributed by atoms with Crippen molar-refractivity contribution in [3.8, 4) is 39.5 Å². The summed E-state index contributed by atoms with van der Waals surface area (Å²) < 4.78 is 5.63. The van der Waals surface area contributed by atoms with Gasteiger partial charge in [0.1, 0.15) is 0 Å². The van der Waals surface area contributed by atoms with E-state index in [-0.39, 0.29) is 0 Å².